The third-order valence-electron chi connectivity index (χ3n) is 7.07. The fraction of sp³-hybridized carbons (Fsp3) is 0.389. The lowest BCUT2D eigenvalue weighted by Gasteiger charge is -2.20. The number of hydrogen-bond donors (Lipinski definition) is 5. The Bertz CT molecular complexity index is 1560. The molecule has 0 saturated heterocycles. The lowest BCUT2D eigenvalue weighted by Crippen LogP contribution is -2.42. The molecule has 4 amide bonds. The highest BCUT2D eigenvalue weighted by Gasteiger charge is 2.38. The van der Waals surface area contributed by atoms with E-state index in [-0.39, 0.29) is 23.8 Å². The molecular weight excluding hydrogens is 598 g/mol. The Balaban J connectivity index is 1.17. The van der Waals surface area contributed by atoms with Gasteiger partial charge in [-0.2, -0.15) is 0 Å². The van der Waals surface area contributed by atoms with E-state index in [9.17, 15) is 19.2 Å². The van der Waals surface area contributed by atoms with Crippen molar-refractivity contribution < 1.29 is 28.7 Å². The van der Waals surface area contributed by atoms with E-state index >= 15 is 0 Å². The highest BCUT2D eigenvalue weighted by atomic mass is 16.6. The number of aryl methyl sites for hydroxylation is 1. The minimum absolute atomic E-state index is 0.0695. The van der Waals surface area contributed by atoms with Gasteiger partial charge < -0.3 is 20.1 Å². The van der Waals surface area contributed by atoms with Crippen LogP contribution in [0.4, 0.5) is 26.7 Å². The Morgan fingerprint density at radius 1 is 0.723 bits per heavy atom. The van der Waals surface area contributed by atoms with Crippen molar-refractivity contribution in [3.63, 3.8) is 0 Å². The van der Waals surface area contributed by atoms with E-state index in [2.05, 4.69) is 26.8 Å². The van der Waals surface area contributed by atoms with E-state index in [4.69, 9.17) is 9.47 Å². The molecule has 250 valence electrons. The van der Waals surface area contributed by atoms with Gasteiger partial charge in [-0.15, -0.1) is 0 Å². The zero-order chi connectivity index (χ0) is 34.2. The van der Waals surface area contributed by atoms with Gasteiger partial charge in [-0.3, -0.25) is 20.3 Å². The third-order valence-corrected chi connectivity index (χ3v) is 7.07. The maximum absolute atomic E-state index is 12.9. The number of benzene rings is 3. The predicted octanol–water partition coefficient (Wildman–Crippen LogP) is 7.13. The second-order valence-electron chi connectivity index (χ2n) is 13.6. The Hall–Kier alpha value is -4.90. The average molecular weight is 644 g/mol. The molecule has 1 aliphatic rings. The summed E-state index contributed by atoms with van der Waals surface area (Å²) in [7, 11) is 0. The molecule has 2 unspecified atom stereocenters. The van der Waals surface area contributed by atoms with Crippen molar-refractivity contribution >= 4 is 41.1 Å². The normalized spacial score (nSPS) is 15.6. The molecule has 11 heteroatoms. The van der Waals surface area contributed by atoms with Crippen molar-refractivity contribution in [3.05, 3.63) is 89.5 Å². The molecule has 3 aromatic carbocycles. The molecule has 2 atom stereocenters. The molecule has 0 bridgehead atoms. The van der Waals surface area contributed by atoms with Crippen LogP contribution in [0.15, 0.2) is 72.8 Å². The molecule has 4 rings (SSSR count). The second kappa shape index (κ2) is 15.1. The van der Waals surface area contributed by atoms with Gasteiger partial charge in [0.1, 0.15) is 11.2 Å². The number of hydrogen-bond acceptors (Lipinski definition) is 7. The first-order valence-corrected chi connectivity index (χ1v) is 15.8. The van der Waals surface area contributed by atoms with Crippen molar-refractivity contribution in [2.24, 2.45) is 0 Å². The van der Waals surface area contributed by atoms with Crippen LogP contribution in [0.3, 0.4) is 0 Å². The van der Waals surface area contributed by atoms with Gasteiger partial charge >= 0.3 is 12.2 Å². The molecule has 0 heterocycles. The highest BCUT2D eigenvalue weighted by Crippen LogP contribution is 2.40. The first kappa shape index (κ1) is 35.0. The SMILES string of the molecule is CC(C)(C)OC(=O)NNC1CC1c1ccc(NC(=O)CCCc2ccc(C(=O)Nc3ccccc3NC(=O)OC(C)(C)C)cc2)cc1. The molecular formula is C36H45N5O6. The largest absolute Gasteiger partial charge is 0.444 e. The molecule has 1 saturated carbocycles. The van der Waals surface area contributed by atoms with Gasteiger partial charge in [0.2, 0.25) is 5.91 Å². The number of rotatable bonds is 11. The molecule has 0 spiro atoms. The summed E-state index contributed by atoms with van der Waals surface area (Å²) < 4.78 is 10.5. The molecule has 1 fully saturated rings. The predicted molar refractivity (Wildman–Crippen MR) is 182 cm³/mol. The maximum Gasteiger partial charge on any atom is 0.422 e. The summed E-state index contributed by atoms with van der Waals surface area (Å²) in [5.41, 5.74) is 8.63. The maximum atomic E-state index is 12.9. The van der Waals surface area contributed by atoms with Gasteiger partial charge in [0.05, 0.1) is 11.4 Å². The van der Waals surface area contributed by atoms with Gasteiger partial charge in [-0.25, -0.2) is 15.0 Å². The summed E-state index contributed by atoms with van der Waals surface area (Å²) in [5, 5.41) is 8.47. The van der Waals surface area contributed by atoms with E-state index in [1.165, 1.54) is 0 Å². The quantitative estimate of drug-likeness (QED) is 0.140. The van der Waals surface area contributed by atoms with Crippen LogP contribution in [0.2, 0.25) is 0 Å². The van der Waals surface area contributed by atoms with Crippen LogP contribution in [0.5, 0.6) is 0 Å². The molecule has 0 aromatic heterocycles. The van der Waals surface area contributed by atoms with Crippen LogP contribution in [-0.2, 0) is 20.7 Å². The number of carbonyl (C=O) groups is 4. The van der Waals surface area contributed by atoms with Crippen molar-refractivity contribution in [2.75, 3.05) is 16.0 Å². The standard InChI is InChI=1S/C36H45N5O6/c1-35(2,3)46-33(44)39-29-12-8-7-11-28(29)38-32(43)25-16-14-23(15-17-25)10-9-13-31(42)37-26-20-18-24(19-21-26)27-22-30(27)40-41-34(45)47-36(4,5)6/h7-8,11-12,14-21,27,30,40H,9-10,13,22H2,1-6H3,(H,37,42)(H,38,43)(H,39,44)(H,41,45). The van der Waals surface area contributed by atoms with Crippen LogP contribution < -0.4 is 26.8 Å². The van der Waals surface area contributed by atoms with Crippen LogP contribution >= 0.6 is 0 Å². The summed E-state index contributed by atoms with van der Waals surface area (Å²) >= 11 is 0. The van der Waals surface area contributed by atoms with E-state index in [1.54, 1.807) is 57.2 Å². The number of carbonyl (C=O) groups excluding carboxylic acids is 4. The summed E-state index contributed by atoms with van der Waals surface area (Å²) in [4.78, 5) is 49.5. The van der Waals surface area contributed by atoms with Crippen molar-refractivity contribution in [1.29, 1.82) is 0 Å². The molecule has 3 aromatic rings. The molecule has 11 nitrogen and oxygen atoms in total. The minimum atomic E-state index is -0.648. The number of amides is 4. The van der Waals surface area contributed by atoms with Crippen LogP contribution in [0, 0.1) is 0 Å². The average Bonchev–Trinajstić information content (AvgIpc) is 3.76. The minimum Gasteiger partial charge on any atom is -0.444 e. The zero-order valence-corrected chi connectivity index (χ0v) is 27.9. The van der Waals surface area contributed by atoms with Gasteiger partial charge in [-0.1, -0.05) is 36.4 Å². The fourth-order valence-corrected chi connectivity index (χ4v) is 4.80. The molecule has 0 radical (unpaired) electrons. The topological polar surface area (TPSA) is 147 Å². The number of hydrazine groups is 1. The summed E-state index contributed by atoms with van der Waals surface area (Å²) in [6.07, 6.45) is 1.48. The van der Waals surface area contributed by atoms with Crippen LogP contribution in [0.25, 0.3) is 0 Å². The number of anilines is 3. The first-order chi connectivity index (χ1) is 22.1. The lowest BCUT2D eigenvalue weighted by molar-refractivity contribution is -0.116. The van der Waals surface area contributed by atoms with Crippen molar-refractivity contribution in [3.8, 4) is 0 Å². The highest BCUT2D eigenvalue weighted by molar-refractivity contribution is 6.06. The van der Waals surface area contributed by atoms with Gasteiger partial charge in [0.25, 0.3) is 5.91 Å². The van der Waals surface area contributed by atoms with E-state index in [0.717, 1.165) is 23.2 Å². The Kier molecular flexibility index (Phi) is 11.3. The second-order valence-corrected chi connectivity index (χ2v) is 13.6. The number of ether oxygens (including phenoxy) is 2. The molecule has 1 aliphatic carbocycles. The number of nitrogens with one attached hydrogen (secondary N) is 5. The van der Waals surface area contributed by atoms with E-state index in [0.29, 0.717) is 36.2 Å². The van der Waals surface area contributed by atoms with Gasteiger partial charge in [0.15, 0.2) is 0 Å². The summed E-state index contributed by atoms with van der Waals surface area (Å²) in [6, 6.07) is 22.0. The van der Waals surface area contributed by atoms with Crippen LogP contribution in [-0.4, -0.2) is 41.2 Å². The van der Waals surface area contributed by atoms with E-state index in [1.807, 2.05) is 57.2 Å². The van der Waals surface area contributed by atoms with Gasteiger partial charge in [-0.05, 0) is 108 Å². The van der Waals surface area contributed by atoms with Gasteiger partial charge in [0, 0.05) is 29.6 Å². The number of para-hydroxylation sites is 2. The first-order valence-electron chi connectivity index (χ1n) is 15.8. The smallest absolute Gasteiger partial charge is 0.422 e. The van der Waals surface area contributed by atoms with Crippen LogP contribution in [0.1, 0.15) is 88.2 Å². The monoisotopic (exact) mass is 643 g/mol. The van der Waals surface area contributed by atoms with E-state index < -0.39 is 23.4 Å². The van der Waals surface area contributed by atoms with Crippen molar-refractivity contribution in [1.82, 2.24) is 10.9 Å². The Labute approximate surface area is 276 Å². The lowest BCUT2D eigenvalue weighted by atomic mass is 10.1. The molecule has 0 aliphatic heterocycles. The molecule has 47 heavy (non-hydrogen) atoms. The Morgan fingerprint density at radius 2 is 1.32 bits per heavy atom. The Morgan fingerprint density at radius 3 is 1.94 bits per heavy atom. The zero-order valence-electron chi connectivity index (χ0n) is 27.9. The third kappa shape index (κ3) is 11.8. The molecule has 5 N–H and O–H groups in total. The van der Waals surface area contributed by atoms with Crippen molar-refractivity contribution in [2.45, 2.75) is 90.4 Å². The summed E-state index contributed by atoms with van der Waals surface area (Å²) in [5.74, 6) is -0.101. The summed E-state index contributed by atoms with van der Waals surface area (Å²) in [6.45, 7) is 10.8. The fourth-order valence-electron chi connectivity index (χ4n) is 4.80.